The molecular formula is C25H19BrCl2N4O4. The van der Waals surface area contributed by atoms with Gasteiger partial charge in [-0.1, -0.05) is 64.3 Å². The third kappa shape index (κ3) is 5.59. The van der Waals surface area contributed by atoms with Gasteiger partial charge >= 0.3 is 5.69 Å². The van der Waals surface area contributed by atoms with Crippen molar-refractivity contribution in [2.24, 2.45) is 5.10 Å². The molecule has 0 aliphatic carbocycles. The largest absolute Gasteiger partial charge is 0.481 e. The maximum atomic E-state index is 13.2. The summed E-state index contributed by atoms with van der Waals surface area (Å²) < 4.78 is 7.62. The fraction of sp³-hybridized carbons (Fsp3) is 0.160. The van der Waals surface area contributed by atoms with E-state index in [1.54, 1.807) is 36.4 Å². The summed E-state index contributed by atoms with van der Waals surface area (Å²) in [5.74, 6) is 0.397. The van der Waals surface area contributed by atoms with E-state index >= 15 is 0 Å². The number of benzene rings is 3. The second-order valence-corrected chi connectivity index (χ2v) is 9.52. The number of nitro groups is 1. The third-order valence-electron chi connectivity index (χ3n) is 5.24. The SMILES string of the molecule is CCCc1nc2ccc(Br)cc2c(=O)n1N=Cc1cc(Cl)c(OCc2ccccc2Cl)c([N+](=O)[O-])c1. The highest BCUT2D eigenvalue weighted by atomic mass is 79.9. The zero-order valence-electron chi connectivity index (χ0n) is 19.0. The topological polar surface area (TPSA) is 99.6 Å². The van der Waals surface area contributed by atoms with Gasteiger partial charge in [-0.05, 0) is 36.8 Å². The number of rotatable bonds is 8. The van der Waals surface area contributed by atoms with E-state index in [4.69, 9.17) is 27.9 Å². The quantitative estimate of drug-likeness (QED) is 0.128. The molecule has 0 aliphatic heterocycles. The molecular weight excluding hydrogens is 571 g/mol. The highest BCUT2D eigenvalue weighted by Gasteiger charge is 2.21. The Labute approximate surface area is 224 Å². The number of aromatic nitrogens is 2. The van der Waals surface area contributed by atoms with Gasteiger partial charge in [0.25, 0.3) is 5.56 Å². The molecule has 0 atom stereocenters. The molecule has 0 radical (unpaired) electrons. The Kier molecular flexibility index (Phi) is 8.03. The first kappa shape index (κ1) is 25.8. The molecule has 8 nitrogen and oxygen atoms in total. The lowest BCUT2D eigenvalue weighted by atomic mass is 10.2. The monoisotopic (exact) mass is 588 g/mol. The lowest BCUT2D eigenvalue weighted by molar-refractivity contribution is -0.385. The molecule has 0 N–H and O–H groups in total. The van der Waals surface area contributed by atoms with Gasteiger partial charge in [0.15, 0.2) is 0 Å². The van der Waals surface area contributed by atoms with E-state index < -0.39 is 4.92 Å². The van der Waals surface area contributed by atoms with Gasteiger partial charge in [-0.15, -0.1) is 0 Å². The van der Waals surface area contributed by atoms with Gasteiger partial charge in [-0.2, -0.15) is 9.78 Å². The molecule has 4 aromatic rings. The molecule has 0 bridgehead atoms. The van der Waals surface area contributed by atoms with E-state index in [1.807, 2.05) is 13.0 Å². The molecule has 0 amide bonds. The van der Waals surface area contributed by atoms with Crippen LogP contribution in [0.4, 0.5) is 5.69 Å². The molecule has 11 heteroatoms. The molecule has 0 aliphatic rings. The van der Waals surface area contributed by atoms with Crippen molar-refractivity contribution in [2.75, 3.05) is 0 Å². The van der Waals surface area contributed by atoms with Gasteiger partial charge in [-0.3, -0.25) is 14.9 Å². The van der Waals surface area contributed by atoms with E-state index in [0.29, 0.717) is 39.3 Å². The van der Waals surface area contributed by atoms with Gasteiger partial charge in [0.2, 0.25) is 5.75 Å². The highest BCUT2D eigenvalue weighted by molar-refractivity contribution is 9.10. The standard InChI is InChI=1S/C25H19BrCl2N4O4/c1-2-5-23-30-21-9-8-17(26)12-18(21)25(33)31(23)29-13-15-10-20(28)24(22(11-15)32(34)35)36-14-16-6-3-4-7-19(16)27/h3-4,6-13H,2,5,14H2,1H3. The van der Waals surface area contributed by atoms with Crippen molar-refractivity contribution in [1.82, 2.24) is 9.66 Å². The van der Waals surface area contributed by atoms with Crippen LogP contribution >= 0.6 is 39.1 Å². The van der Waals surface area contributed by atoms with Crippen molar-refractivity contribution in [2.45, 2.75) is 26.4 Å². The molecule has 4 rings (SSSR count). The van der Waals surface area contributed by atoms with Crippen LogP contribution in [-0.4, -0.2) is 20.8 Å². The summed E-state index contributed by atoms with van der Waals surface area (Å²) in [5.41, 5.74) is 0.865. The summed E-state index contributed by atoms with van der Waals surface area (Å²) in [4.78, 5) is 28.9. The van der Waals surface area contributed by atoms with Gasteiger partial charge in [0.1, 0.15) is 12.4 Å². The summed E-state index contributed by atoms with van der Waals surface area (Å²) in [7, 11) is 0. The average Bonchev–Trinajstić information content (AvgIpc) is 2.84. The molecule has 3 aromatic carbocycles. The number of hydrogen-bond donors (Lipinski definition) is 0. The Hall–Kier alpha value is -3.27. The van der Waals surface area contributed by atoms with Crippen LogP contribution in [0.2, 0.25) is 10.0 Å². The van der Waals surface area contributed by atoms with Crippen LogP contribution in [0.1, 0.15) is 30.3 Å². The van der Waals surface area contributed by atoms with Crippen molar-refractivity contribution in [3.05, 3.63) is 107 Å². The van der Waals surface area contributed by atoms with Crippen LogP contribution in [0, 0.1) is 10.1 Å². The molecule has 1 heterocycles. The van der Waals surface area contributed by atoms with Crippen LogP contribution in [0.5, 0.6) is 5.75 Å². The van der Waals surface area contributed by atoms with Gasteiger partial charge < -0.3 is 4.74 Å². The maximum absolute atomic E-state index is 13.2. The number of fused-ring (bicyclic) bond motifs is 1. The maximum Gasteiger partial charge on any atom is 0.313 e. The Morgan fingerprint density at radius 3 is 2.67 bits per heavy atom. The predicted octanol–water partition coefficient (Wildman–Crippen LogP) is 6.79. The van der Waals surface area contributed by atoms with E-state index in [9.17, 15) is 14.9 Å². The summed E-state index contributed by atoms with van der Waals surface area (Å²) in [6.45, 7) is 1.97. The number of hydrogen-bond acceptors (Lipinski definition) is 6. The Morgan fingerprint density at radius 2 is 1.94 bits per heavy atom. The minimum Gasteiger partial charge on any atom is -0.481 e. The van der Waals surface area contributed by atoms with E-state index in [0.717, 1.165) is 10.9 Å². The van der Waals surface area contributed by atoms with Gasteiger partial charge in [0, 0.05) is 33.1 Å². The van der Waals surface area contributed by atoms with Crippen molar-refractivity contribution >= 4 is 61.9 Å². The zero-order valence-corrected chi connectivity index (χ0v) is 22.0. The molecule has 0 saturated carbocycles. The molecule has 0 unspecified atom stereocenters. The normalized spacial score (nSPS) is 11.3. The summed E-state index contributed by atoms with van der Waals surface area (Å²) in [6.07, 6.45) is 2.61. The highest BCUT2D eigenvalue weighted by Crippen LogP contribution is 2.36. The molecule has 184 valence electrons. The van der Waals surface area contributed by atoms with Gasteiger partial charge in [0.05, 0.1) is 27.1 Å². The number of ether oxygens (including phenoxy) is 1. The van der Waals surface area contributed by atoms with Crippen LogP contribution in [0.15, 0.2) is 69.0 Å². The number of aryl methyl sites for hydroxylation is 1. The Morgan fingerprint density at radius 1 is 1.17 bits per heavy atom. The third-order valence-corrected chi connectivity index (χ3v) is 6.39. The van der Waals surface area contributed by atoms with E-state index in [-0.39, 0.29) is 28.6 Å². The van der Waals surface area contributed by atoms with Crippen LogP contribution in [0.3, 0.4) is 0 Å². The minimum absolute atomic E-state index is 0.00175. The second-order valence-electron chi connectivity index (χ2n) is 7.79. The summed E-state index contributed by atoms with van der Waals surface area (Å²) in [5, 5.41) is 17.0. The predicted molar refractivity (Wildman–Crippen MR) is 145 cm³/mol. The van der Waals surface area contributed by atoms with Crippen molar-refractivity contribution in [1.29, 1.82) is 0 Å². The number of nitro benzene ring substituents is 1. The Bertz CT molecular complexity index is 1560. The summed E-state index contributed by atoms with van der Waals surface area (Å²) >= 11 is 15.9. The second kappa shape index (κ2) is 11.2. The van der Waals surface area contributed by atoms with Crippen LogP contribution < -0.4 is 10.3 Å². The smallest absolute Gasteiger partial charge is 0.313 e. The summed E-state index contributed by atoms with van der Waals surface area (Å²) in [6, 6.07) is 15.0. The lowest BCUT2D eigenvalue weighted by Crippen LogP contribution is -2.22. The Balaban J connectivity index is 1.72. The molecule has 0 fully saturated rings. The van der Waals surface area contributed by atoms with Crippen LogP contribution in [0.25, 0.3) is 10.9 Å². The molecule has 1 aromatic heterocycles. The lowest BCUT2D eigenvalue weighted by Gasteiger charge is -2.11. The van der Waals surface area contributed by atoms with Gasteiger partial charge in [-0.25, -0.2) is 4.98 Å². The van der Waals surface area contributed by atoms with Crippen molar-refractivity contribution in [3.8, 4) is 5.75 Å². The fourth-order valence-electron chi connectivity index (χ4n) is 3.54. The van der Waals surface area contributed by atoms with Crippen molar-refractivity contribution < 1.29 is 9.66 Å². The molecule has 0 saturated heterocycles. The van der Waals surface area contributed by atoms with Crippen molar-refractivity contribution in [3.63, 3.8) is 0 Å². The molecule has 36 heavy (non-hydrogen) atoms. The fourth-order valence-corrected chi connectivity index (χ4v) is 4.37. The zero-order chi connectivity index (χ0) is 25.8. The first-order valence-electron chi connectivity index (χ1n) is 10.9. The van der Waals surface area contributed by atoms with E-state index in [1.165, 1.54) is 23.0 Å². The molecule has 0 spiro atoms. The van der Waals surface area contributed by atoms with E-state index in [2.05, 4.69) is 26.0 Å². The first-order chi connectivity index (χ1) is 17.3. The van der Waals surface area contributed by atoms with Crippen LogP contribution in [-0.2, 0) is 13.0 Å². The number of nitrogens with zero attached hydrogens (tertiary/aromatic N) is 4. The average molecular weight is 590 g/mol. The minimum atomic E-state index is -0.588. The first-order valence-corrected chi connectivity index (χ1v) is 12.4. The number of halogens is 3.